The SMILES string of the molecule is CCNC(=O)C(C)n1ccc(=O)nc1SCC(=O)O. The van der Waals surface area contributed by atoms with Crippen molar-refractivity contribution in [1.82, 2.24) is 14.9 Å². The lowest BCUT2D eigenvalue weighted by Crippen LogP contribution is -2.32. The Morgan fingerprint density at radius 2 is 2.26 bits per heavy atom. The molecule has 0 spiro atoms. The number of nitrogens with one attached hydrogen (secondary N) is 1. The number of rotatable bonds is 6. The summed E-state index contributed by atoms with van der Waals surface area (Å²) in [4.78, 5) is 37.3. The van der Waals surface area contributed by atoms with Crippen LogP contribution in [0.25, 0.3) is 0 Å². The summed E-state index contributed by atoms with van der Waals surface area (Å²) in [5.74, 6) is -1.45. The molecule has 0 radical (unpaired) electrons. The fourth-order valence-corrected chi connectivity index (χ4v) is 2.15. The van der Waals surface area contributed by atoms with E-state index in [1.165, 1.54) is 16.8 Å². The van der Waals surface area contributed by atoms with E-state index in [1.807, 2.05) is 0 Å². The number of amides is 1. The highest BCUT2D eigenvalue weighted by Gasteiger charge is 2.17. The molecular weight excluding hydrogens is 270 g/mol. The van der Waals surface area contributed by atoms with E-state index in [1.54, 1.807) is 13.8 Å². The van der Waals surface area contributed by atoms with Gasteiger partial charge in [0.05, 0.1) is 5.75 Å². The van der Waals surface area contributed by atoms with E-state index < -0.39 is 17.6 Å². The molecule has 0 aliphatic rings. The summed E-state index contributed by atoms with van der Waals surface area (Å²) in [6.45, 7) is 3.95. The lowest BCUT2D eigenvalue weighted by atomic mass is 10.3. The molecule has 1 amide bonds. The number of nitrogens with zero attached hydrogens (tertiary/aromatic N) is 2. The second-order valence-corrected chi connectivity index (χ2v) is 4.65. The molecule has 8 heteroatoms. The fourth-order valence-electron chi connectivity index (χ4n) is 1.37. The van der Waals surface area contributed by atoms with E-state index in [4.69, 9.17) is 5.11 Å². The van der Waals surface area contributed by atoms with Gasteiger partial charge in [0, 0.05) is 18.8 Å². The minimum Gasteiger partial charge on any atom is -0.481 e. The normalized spacial score (nSPS) is 11.9. The Morgan fingerprint density at radius 3 is 2.84 bits per heavy atom. The Kier molecular flexibility index (Phi) is 5.56. The number of aliphatic carboxylic acids is 1. The van der Waals surface area contributed by atoms with Crippen molar-refractivity contribution in [2.24, 2.45) is 0 Å². The van der Waals surface area contributed by atoms with Crippen molar-refractivity contribution in [3.8, 4) is 0 Å². The predicted octanol–water partition coefficient (Wildman–Crippen LogP) is 0.117. The molecule has 7 nitrogen and oxygen atoms in total. The third-order valence-corrected chi connectivity index (χ3v) is 3.23. The van der Waals surface area contributed by atoms with Crippen molar-refractivity contribution in [3.63, 3.8) is 0 Å². The Hall–Kier alpha value is -1.83. The van der Waals surface area contributed by atoms with Crippen LogP contribution in [-0.2, 0) is 9.59 Å². The average molecular weight is 285 g/mol. The molecule has 1 rings (SSSR count). The quantitative estimate of drug-likeness (QED) is 0.568. The summed E-state index contributed by atoms with van der Waals surface area (Å²) in [5, 5.41) is 11.5. The maximum Gasteiger partial charge on any atom is 0.313 e. The number of carbonyl (C=O) groups is 2. The molecule has 19 heavy (non-hydrogen) atoms. The van der Waals surface area contributed by atoms with E-state index in [-0.39, 0.29) is 16.8 Å². The molecule has 0 aromatic carbocycles. The monoisotopic (exact) mass is 285 g/mol. The molecule has 1 aromatic heterocycles. The van der Waals surface area contributed by atoms with Gasteiger partial charge < -0.3 is 15.0 Å². The molecule has 104 valence electrons. The number of aromatic nitrogens is 2. The van der Waals surface area contributed by atoms with Gasteiger partial charge in [-0.1, -0.05) is 11.8 Å². The molecule has 0 saturated heterocycles. The first-order chi connectivity index (χ1) is 8.95. The van der Waals surface area contributed by atoms with E-state index in [2.05, 4.69) is 10.3 Å². The second-order valence-electron chi connectivity index (χ2n) is 3.71. The third kappa shape index (κ3) is 4.40. The van der Waals surface area contributed by atoms with Gasteiger partial charge in [0.1, 0.15) is 6.04 Å². The van der Waals surface area contributed by atoms with Crippen molar-refractivity contribution >= 4 is 23.6 Å². The molecule has 0 bridgehead atoms. The Labute approximate surface area is 114 Å². The number of likely N-dealkylation sites (N-methyl/N-ethyl adjacent to an activating group) is 1. The van der Waals surface area contributed by atoms with Crippen LogP contribution in [0.1, 0.15) is 19.9 Å². The highest BCUT2D eigenvalue weighted by molar-refractivity contribution is 7.99. The topological polar surface area (TPSA) is 101 Å². The Balaban J connectivity index is 3.01. The van der Waals surface area contributed by atoms with Crippen LogP contribution >= 0.6 is 11.8 Å². The van der Waals surface area contributed by atoms with Crippen LogP contribution in [0.4, 0.5) is 0 Å². The minimum atomic E-state index is -1.01. The van der Waals surface area contributed by atoms with Crippen LogP contribution in [0.15, 0.2) is 22.2 Å². The molecule has 0 fully saturated rings. The first-order valence-electron chi connectivity index (χ1n) is 5.67. The number of hydrogen-bond acceptors (Lipinski definition) is 5. The van der Waals surface area contributed by atoms with Crippen LogP contribution in [0.2, 0.25) is 0 Å². The molecule has 0 saturated carbocycles. The molecule has 1 unspecified atom stereocenters. The van der Waals surface area contributed by atoms with Crippen LogP contribution in [0, 0.1) is 0 Å². The van der Waals surface area contributed by atoms with Gasteiger partial charge >= 0.3 is 5.97 Å². The van der Waals surface area contributed by atoms with Gasteiger partial charge in [0.2, 0.25) is 5.91 Å². The fraction of sp³-hybridized carbons (Fsp3) is 0.455. The number of hydrogen-bond donors (Lipinski definition) is 2. The maximum absolute atomic E-state index is 11.8. The van der Waals surface area contributed by atoms with Gasteiger partial charge in [0.25, 0.3) is 5.56 Å². The van der Waals surface area contributed by atoms with Crippen LogP contribution in [0.5, 0.6) is 0 Å². The standard InChI is InChI=1S/C11H15N3O4S/c1-3-12-10(18)7(2)14-5-4-8(15)13-11(14)19-6-9(16)17/h4-5,7H,3,6H2,1-2H3,(H,12,18)(H,16,17). The average Bonchev–Trinajstić information content (AvgIpc) is 2.36. The maximum atomic E-state index is 11.8. The van der Waals surface area contributed by atoms with Gasteiger partial charge in [-0.2, -0.15) is 4.98 Å². The zero-order chi connectivity index (χ0) is 14.4. The lowest BCUT2D eigenvalue weighted by molar-refractivity contribution is -0.133. The summed E-state index contributed by atoms with van der Waals surface area (Å²) < 4.78 is 1.49. The minimum absolute atomic E-state index is 0.216. The van der Waals surface area contributed by atoms with Gasteiger partial charge in [-0.3, -0.25) is 14.4 Å². The number of carboxylic acids is 1. The van der Waals surface area contributed by atoms with Crippen molar-refractivity contribution < 1.29 is 14.7 Å². The zero-order valence-electron chi connectivity index (χ0n) is 10.6. The second kappa shape index (κ2) is 6.93. The largest absolute Gasteiger partial charge is 0.481 e. The molecule has 0 aliphatic heterocycles. The Morgan fingerprint density at radius 1 is 1.58 bits per heavy atom. The molecular formula is C11H15N3O4S. The van der Waals surface area contributed by atoms with E-state index in [0.717, 1.165) is 11.8 Å². The number of thioether (sulfide) groups is 1. The van der Waals surface area contributed by atoms with E-state index >= 15 is 0 Å². The predicted molar refractivity (Wildman–Crippen MR) is 70.3 cm³/mol. The summed E-state index contributed by atoms with van der Waals surface area (Å²) in [6, 6.07) is 0.671. The molecule has 2 N–H and O–H groups in total. The number of carboxylic acid groups (broad SMARTS) is 1. The van der Waals surface area contributed by atoms with Crippen molar-refractivity contribution in [2.45, 2.75) is 25.0 Å². The Bertz CT molecular complexity index is 529. The van der Waals surface area contributed by atoms with Crippen molar-refractivity contribution in [2.75, 3.05) is 12.3 Å². The first-order valence-corrected chi connectivity index (χ1v) is 6.65. The highest BCUT2D eigenvalue weighted by Crippen LogP contribution is 2.18. The lowest BCUT2D eigenvalue weighted by Gasteiger charge is -2.17. The van der Waals surface area contributed by atoms with Crippen LogP contribution in [0.3, 0.4) is 0 Å². The van der Waals surface area contributed by atoms with Crippen LogP contribution in [-0.4, -0.2) is 38.8 Å². The number of carbonyl (C=O) groups excluding carboxylic acids is 1. The summed E-state index contributed by atoms with van der Waals surface area (Å²) in [6.07, 6.45) is 1.44. The summed E-state index contributed by atoms with van der Waals surface area (Å²) in [7, 11) is 0. The van der Waals surface area contributed by atoms with Crippen molar-refractivity contribution in [3.05, 3.63) is 22.6 Å². The summed E-state index contributed by atoms with van der Waals surface area (Å²) >= 11 is 0.905. The molecule has 1 aromatic rings. The van der Waals surface area contributed by atoms with E-state index in [9.17, 15) is 14.4 Å². The first kappa shape index (κ1) is 15.2. The van der Waals surface area contributed by atoms with Gasteiger partial charge in [-0.15, -0.1) is 0 Å². The van der Waals surface area contributed by atoms with Gasteiger partial charge in [-0.25, -0.2) is 0 Å². The zero-order valence-corrected chi connectivity index (χ0v) is 11.4. The van der Waals surface area contributed by atoms with Crippen LogP contribution < -0.4 is 10.9 Å². The molecule has 0 aliphatic carbocycles. The smallest absolute Gasteiger partial charge is 0.313 e. The third-order valence-electron chi connectivity index (χ3n) is 2.28. The molecule has 1 atom stereocenters. The van der Waals surface area contributed by atoms with Gasteiger partial charge in [0.15, 0.2) is 5.16 Å². The summed E-state index contributed by atoms with van der Waals surface area (Å²) in [5.41, 5.74) is -0.466. The van der Waals surface area contributed by atoms with Gasteiger partial charge in [-0.05, 0) is 13.8 Å². The van der Waals surface area contributed by atoms with E-state index in [0.29, 0.717) is 6.54 Å². The highest BCUT2D eigenvalue weighted by atomic mass is 32.2. The van der Waals surface area contributed by atoms with Crippen molar-refractivity contribution in [1.29, 1.82) is 0 Å². The molecule has 1 heterocycles.